The Kier molecular flexibility index (Phi) is 6.86. The summed E-state index contributed by atoms with van der Waals surface area (Å²) < 4.78 is 0. The first-order valence-corrected chi connectivity index (χ1v) is 11.2. The van der Waals surface area contributed by atoms with Gasteiger partial charge in [0.2, 0.25) is 5.91 Å². The molecule has 30 heavy (non-hydrogen) atoms. The van der Waals surface area contributed by atoms with Gasteiger partial charge >= 0.3 is 0 Å². The third-order valence-electron chi connectivity index (χ3n) is 6.24. The number of halogens is 1. The van der Waals surface area contributed by atoms with Gasteiger partial charge in [-0.05, 0) is 50.2 Å². The number of carbonyl (C=O) groups is 3. The second-order valence-corrected chi connectivity index (χ2v) is 8.63. The Morgan fingerprint density at radius 2 is 1.73 bits per heavy atom. The fraction of sp³-hybridized carbons (Fsp3) is 0.522. The summed E-state index contributed by atoms with van der Waals surface area (Å²) in [4.78, 5) is 40.0. The minimum absolute atomic E-state index is 0.153. The van der Waals surface area contributed by atoms with Crippen LogP contribution in [0, 0.1) is 5.92 Å². The summed E-state index contributed by atoms with van der Waals surface area (Å²) in [7, 11) is 0. The van der Waals surface area contributed by atoms with Crippen LogP contribution >= 0.6 is 11.6 Å². The molecule has 1 aromatic carbocycles. The number of hydrogen-bond acceptors (Lipinski definition) is 4. The molecule has 6 nitrogen and oxygen atoms in total. The van der Waals surface area contributed by atoms with Crippen molar-refractivity contribution in [2.75, 3.05) is 17.2 Å². The van der Waals surface area contributed by atoms with E-state index < -0.39 is 5.92 Å². The van der Waals surface area contributed by atoms with Crippen molar-refractivity contribution in [3.8, 4) is 0 Å². The number of nitrogens with one attached hydrogen (secondary N) is 1. The van der Waals surface area contributed by atoms with Gasteiger partial charge in [-0.25, -0.2) is 4.90 Å². The third kappa shape index (κ3) is 3.97. The summed E-state index contributed by atoms with van der Waals surface area (Å²) in [5.41, 5.74) is 8.65. The van der Waals surface area contributed by atoms with E-state index in [-0.39, 0.29) is 23.4 Å². The number of imide groups is 1. The van der Waals surface area contributed by atoms with Crippen LogP contribution in [-0.2, 0) is 14.4 Å². The normalized spacial score (nSPS) is 18.5. The highest BCUT2D eigenvalue weighted by Crippen LogP contribution is 2.42. The van der Waals surface area contributed by atoms with E-state index in [4.69, 9.17) is 17.3 Å². The van der Waals surface area contributed by atoms with E-state index in [0.29, 0.717) is 59.1 Å². The van der Waals surface area contributed by atoms with E-state index in [1.807, 2.05) is 6.92 Å². The smallest absolute Gasteiger partial charge is 0.261 e. The number of rotatable bonds is 7. The second-order valence-electron chi connectivity index (χ2n) is 8.22. The topological polar surface area (TPSA) is 92.5 Å². The van der Waals surface area contributed by atoms with Gasteiger partial charge in [-0.3, -0.25) is 14.4 Å². The first-order chi connectivity index (χ1) is 14.3. The summed E-state index contributed by atoms with van der Waals surface area (Å²) in [6.07, 6.45) is 4.50. The molecule has 0 fully saturated rings. The molecular formula is C23H30ClN3O3. The molecule has 0 bridgehead atoms. The van der Waals surface area contributed by atoms with Crippen LogP contribution in [0.4, 0.5) is 11.4 Å². The van der Waals surface area contributed by atoms with Crippen molar-refractivity contribution in [3.05, 3.63) is 33.9 Å². The van der Waals surface area contributed by atoms with Crippen LogP contribution in [-0.4, -0.2) is 24.3 Å². The van der Waals surface area contributed by atoms with Gasteiger partial charge in [-0.2, -0.15) is 0 Å². The van der Waals surface area contributed by atoms with Gasteiger partial charge in [0.15, 0.2) is 0 Å². The summed E-state index contributed by atoms with van der Waals surface area (Å²) in [5.74, 6) is -0.951. The maximum Gasteiger partial charge on any atom is 0.261 e. The maximum absolute atomic E-state index is 13.0. The molecular weight excluding hydrogens is 402 g/mol. The van der Waals surface area contributed by atoms with Gasteiger partial charge in [0.05, 0.1) is 17.3 Å². The largest absolute Gasteiger partial charge is 0.397 e. The van der Waals surface area contributed by atoms with Crippen molar-refractivity contribution in [2.45, 2.75) is 65.2 Å². The van der Waals surface area contributed by atoms with Crippen LogP contribution in [0.3, 0.4) is 0 Å². The van der Waals surface area contributed by atoms with Gasteiger partial charge in [0.1, 0.15) is 0 Å². The van der Waals surface area contributed by atoms with Gasteiger partial charge in [-0.15, -0.1) is 0 Å². The Hall–Kier alpha value is -2.34. The van der Waals surface area contributed by atoms with E-state index in [1.165, 1.54) is 0 Å². The van der Waals surface area contributed by atoms with Crippen molar-refractivity contribution >= 4 is 40.7 Å². The highest BCUT2D eigenvalue weighted by atomic mass is 35.5. The average Bonchev–Trinajstić information content (AvgIpc) is 3.00. The van der Waals surface area contributed by atoms with Crippen molar-refractivity contribution in [1.82, 2.24) is 5.32 Å². The summed E-state index contributed by atoms with van der Waals surface area (Å²) >= 11 is 6.45. The molecule has 3 N–H and O–H groups in total. The molecule has 2 aliphatic rings. The number of nitrogen functional groups attached to an aromatic ring is 1. The second kappa shape index (κ2) is 9.21. The minimum Gasteiger partial charge on any atom is -0.397 e. The van der Waals surface area contributed by atoms with Gasteiger partial charge in [0.25, 0.3) is 11.8 Å². The van der Waals surface area contributed by atoms with Crippen LogP contribution in [0.25, 0.3) is 0 Å². The molecule has 2 unspecified atom stereocenters. The van der Waals surface area contributed by atoms with E-state index in [1.54, 1.807) is 12.1 Å². The van der Waals surface area contributed by atoms with E-state index in [9.17, 15) is 14.4 Å². The first kappa shape index (κ1) is 22.3. The number of carbonyl (C=O) groups excluding carboxylic acids is 3. The van der Waals surface area contributed by atoms with Crippen molar-refractivity contribution in [2.24, 2.45) is 5.92 Å². The number of nitrogens with two attached hydrogens (primary N) is 1. The number of amides is 3. The Bertz CT molecular complexity index is 881. The molecule has 2 atom stereocenters. The Morgan fingerprint density at radius 3 is 2.27 bits per heavy atom. The van der Waals surface area contributed by atoms with Gasteiger partial charge in [-0.1, -0.05) is 38.8 Å². The average molecular weight is 432 g/mol. The fourth-order valence-corrected chi connectivity index (χ4v) is 4.47. The van der Waals surface area contributed by atoms with Crippen LogP contribution in [0.2, 0.25) is 5.02 Å². The molecule has 0 saturated heterocycles. The molecule has 0 radical (unpaired) electrons. The molecule has 162 valence electrons. The van der Waals surface area contributed by atoms with Crippen LogP contribution < -0.4 is 16.0 Å². The van der Waals surface area contributed by atoms with Crippen molar-refractivity contribution in [3.63, 3.8) is 0 Å². The zero-order chi connectivity index (χ0) is 22.0. The highest BCUT2D eigenvalue weighted by molar-refractivity contribution is 6.35. The summed E-state index contributed by atoms with van der Waals surface area (Å²) in [5, 5.41) is 3.34. The standard InChI is InChI=1S/C23H30ClN3O3/c1-4-13(3)12-26-21(28)14(5-2)19-17(24)10-11-18(20(19)25)27-22(29)15-8-6-7-9-16(15)23(27)30/h10-11,13-14H,4-9,12,25H2,1-3H3,(H,26,28). The minimum atomic E-state index is -0.558. The summed E-state index contributed by atoms with van der Waals surface area (Å²) in [6.45, 7) is 6.61. The molecule has 0 saturated carbocycles. The highest BCUT2D eigenvalue weighted by Gasteiger charge is 2.41. The lowest BCUT2D eigenvalue weighted by Crippen LogP contribution is -2.34. The number of hydrogen-bond donors (Lipinski definition) is 2. The monoisotopic (exact) mass is 431 g/mol. The van der Waals surface area contributed by atoms with Gasteiger partial charge in [0, 0.05) is 28.3 Å². The Labute approximate surface area is 182 Å². The van der Waals surface area contributed by atoms with Gasteiger partial charge < -0.3 is 11.1 Å². The Balaban J connectivity index is 1.95. The molecule has 0 spiro atoms. The van der Waals surface area contributed by atoms with E-state index >= 15 is 0 Å². The number of benzene rings is 1. The third-order valence-corrected chi connectivity index (χ3v) is 6.57. The van der Waals surface area contributed by atoms with E-state index in [0.717, 1.165) is 24.2 Å². The Morgan fingerprint density at radius 1 is 1.13 bits per heavy atom. The van der Waals surface area contributed by atoms with Crippen LogP contribution in [0.1, 0.15) is 70.8 Å². The zero-order valence-corrected chi connectivity index (χ0v) is 18.6. The molecule has 1 aromatic rings. The van der Waals surface area contributed by atoms with Crippen molar-refractivity contribution in [1.29, 1.82) is 0 Å². The molecule has 0 aromatic heterocycles. The SMILES string of the molecule is CCC(C)CNC(=O)C(CC)c1c(Cl)ccc(N2C(=O)C3=C(CCCC3)C2=O)c1N. The molecule has 3 rings (SSSR count). The molecule has 1 aliphatic heterocycles. The molecule has 1 heterocycles. The van der Waals surface area contributed by atoms with Crippen LogP contribution in [0.5, 0.6) is 0 Å². The number of nitrogens with zero attached hydrogens (tertiary/aromatic N) is 1. The first-order valence-electron chi connectivity index (χ1n) is 10.8. The molecule has 3 amide bonds. The lowest BCUT2D eigenvalue weighted by atomic mass is 9.92. The summed E-state index contributed by atoms with van der Waals surface area (Å²) in [6, 6.07) is 3.21. The predicted molar refractivity (Wildman–Crippen MR) is 119 cm³/mol. The fourth-order valence-electron chi connectivity index (χ4n) is 4.17. The zero-order valence-electron chi connectivity index (χ0n) is 17.9. The predicted octanol–water partition coefficient (Wildman–Crippen LogP) is 4.32. The lowest BCUT2D eigenvalue weighted by molar-refractivity contribution is -0.123. The van der Waals surface area contributed by atoms with Crippen molar-refractivity contribution < 1.29 is 14.4 Å². The maximum atomic E-state index is 13.0. The van der Waals surface area contributed by atoms with E-state index in [2.05, 4.69) is 19.2 Å². The number of anilines is 2. The molecule has 7 heteroatoms. The quantitative estimate of drug-likeness (QED) is 0.496. The molecule has 1 aliphatic carbocycles. The van der Waals surface area contributed by atoms with Crippen LogP contribution in [0.15, 0.2) is 23.3 Å². The lowest BCUT2D eigenvalue weighted by Gasteiger charge is -2.24.